The minimum Gasteiger partial charge on any atom is -0.475 e. The number of aryl methyl sites for hydroxylation is 2. The largest absolute Gasteiger partial charge is 0.490 e. The highest BCUT2D eigenvalue weighted by molar-refractivity contribution is 5.73. The Hall–Kier alpha value is -4.64. The van der Waals surface area contributed by atoms with Crippen LogP contribution in [0, 0.1) is 13.8 Å². The Bertz CT molecular complexity index is 1380. The Kier molecular flexibility index (Phi) is 10.0. The summed E-state index contributed by atoms with van der Waals surface area (Å²) in [7, 11) is 0. The van der Waals surface area contributed by atoms with E-state index in [2.05, 4.69) is 41.0 Å². The third-order valence-corrected chi connectivity index (χ3v) is 6.49. The zero-order valence-electron chi connectivity index (χ0n) is 22.8. The van der Waals surface area contributed by atoms with Gasteiger partial charge in [0.05, 0.1) is 11.4 Å². The van der Waals surface area contributed by atoms with Crippen LogP contribution in [0.3, 0.4) is 0 Å². The van der Waals surface area contributed by atoms with Crippen LogP contribution in [0.25, 0.3) is 0 Å². The monoisotopic (exact) mass is 616 g/mol. The van der Waals surface area contributed by atoms with Gasteiger partial charge in [-0.1, -0.05) is 0 Å². The molecule has 0 aromatic carbocycles. The van der Waals surface area contributed by atoms with Crippen molar-refractivity contribution in [1.82, 2.24) is 30.1 Å². The molecule has 12 nitrogen and oxygen atoms in total. The number of carbonyl (C=O) groups is 2. The highest BCUT2D eigenvalue weighted by atomic mass is 19.4. The average Bonchev–Trinajstić information content (AvgIpc) is 2.94. The van der Waals surface area contributed by atoms with Crippen molar-refractivity contribution < 1.29 is 46.1 Å². The Labute approximate surface area is 240 Å². The molecule has 5 rings (SSSR count). The normalized spacial score (nSPS) is 15.8. The molecule has 3 aromatic rings. The van der Waals surface area contributed by atoms with E-state index in [1.165, 1.54) is 11.3 Å². The molecule has 18 heteroatoms. The number of aliphatic carboxylic acids is 2. The molecule has 2 aliphatic heterocycles. The summed E-state index contributed by atoms with van der Waals surface area (Å²) in [5, 5.41) is 22.9. The SMILES string of the molecule is Cc1ccc(N2Cc3cnc(C)nc3C3(CCN(c4ncccn4)CC3)C2)nn1.O=C(O)C(F)(F)F.O=C(O)C(F)(F)F. The Morgan fingerprint density at radius 2 is 1.42 bits per heavy atom. The van der Waals surface area contributed by atoms with Crippen LogP contribution < -0.4 is 9.80 Å². The number of alkyl halides is 6. The molecule has 1 fully saturated rings. The molecule has 0 amide bonds. The van der Waals surface area contributed by atoms with Crippen molar-refractivity contribution in [2.24, 2.45) is 0 Å². The number of fused-ring (bicyclic) bond motifs is 2. The molecule has 1 spiro atoms. The van der Waals surface area contributed by atoms with Gasteiger partial charge in [0.15, 0.2) is 5.82 Å². The van der Waals surface area contributed by atoms with E-state index in [1.807, 2.05) is 32.2 Å². The predicted octanol–water partition coefficient (Wildman–Crippen LogP) is 3.50. The van der Waals surface area contributed by atoms with Gasteiger partial charge in [0, 0.05) is 55.7 Å². The summed E-state index contributed by atoms with van der Waals surface area (Å²) in [4.78, 5) is 40.6. The molecule has 3 aromatic heterocycles. The number of carboxylic acids is 2. The number of piperidine rings is 1. The summed E-state index contributed by atoms with van der Waals surface area (Å²) >= 11 is 0. The summed E-state index contributed by atoms with van der Waals surface area (Å²) in [6.07, 6.45) is -2.59. The first-order chi connectivity index (χ1) is 20.0. The molecule has 0 bridgehead atoms. The molecule has 0 unspecified atom stereocenters. The molecular formula is C25H26F6N8O4. The first-order valence-corrected chi connectivity index (χ1v) is 12.5. The number of halogens is 6. The van der Waals surface area contributed by atoms with E-state index in [9.17, 15) is 26.3 Å². The molecule has 0 saturated carbocycles. The topological polar surface area (TPSA) is 158 Å². The highest BCUT2D eigenvalue weighted by Gasteiger charge is 2.44. The summed E-state index contributed by atoms with van der Waals surface area (Å²) in [5.41, 5.74) is 3.29. The van der Waals surface area contributed by atoms with Gasteiger partial charge in [0.1, 0.15) is 5.82 Å². The van der Waals surface area contributed by atoms with Gasteiger partial charge in [-0.2, -0.15) is 31.4 Å². The Morgan fingerprint density at radius 1 is 0.860 bits per heavy atom. The van der Waals surface area contributed by atoms with E-state index in [1.54, 1.807) is 12.4 Å². The number of aromatic nitrogens is 6. The number of hydrogen-bond acceptors (Lipinski definition) is 10. The fraction of sp³-hybridized carbons (Fsp3) is 0.440. The lowest BCUT2D eigenvalue weighted by Gasteiger charge is -2.47. The van der Waals surface area contributed by atoms with Crippen molar-refractivity contribution in [2.75, 3.05) is 29.4 Å². The van der Waals surface area contributed by atoms with Crippen LogP contribution in [0.2, 0.25) is 0 Å². The third-order valence-electron chi connectivity index (χ3n) is 6.49. The van der Waals surface area contributed by atoms with Crippen molar-refractivity contribution in [3.8, 4) is 0 Å². The molecule has 2 N–H and O–H groups in total. The molecule has 0 radical (unpaired) electrons. The number of carboxylic acid groups (broad SMARTS) is 2. The van der Waals surface area contributed by atoms with Gasteiger partial charge in [0.25, 0.3) is 0 Å². The lowest BCUT2D eigenvalue weighted by atomic mass is 9.71. The second-order valence-corrected chi connectivity index (χ2v) is 9.60. The number of rotatable bonds is 2. The smallest absolute Gasteiger partial charge is 0.475 e. The first kappa shape index (κ1) is 32.9. The number of nitrogens with zero attached hydrogens (tertiary/aromatic N) is 8. The van der Waals surface area contributed by atoms with Crippen LogP contribution in [0.4, 0.5) is 38.1 Å². The lowest BCUT2D eigenvalue weighted by Crippen LogP contribution is -2.53. The number of hydrogen-bond donors (Lipinski definition) is 2. The van der Waals surface area contributed by atoms with Gasteiger partial charge < -0.3 is 20.0 Å². The van der Waals surface area contributed by atoms with Crippen molar-refractivity contribution in [1.29, 1.82) is 0 Å². The van der Waals surface area contributed by atoms with Crippen molar-refractivity contribution in [3.63, 3.8) is 0 Å². The van der Waals surface area contributed by atoms with E-state index in [4.69, 9.17) is 24.8 Å². The van der Waals surface area contributed by atoms with E-state index in [0.717, 1.165) is 62.3 Å². The quantitative estimate of drug-likeness (QED) is 0.405. The summed E-state index contributed by atoms with van der Waals surface area (Å²) < 4.78 is 63.5. The maximum absolute atomic E-state index is 10.6. The van der Waals surface area contributed by atoms with Gasteiger partial charge in [0.2, 0.25) is 5.95 Å². The number of anilines is 2. The molecule has 232 valence electrons. The second kappa shape index (κ2) is 13.1. The van der Waals surface area contributed by atoms with Crippen molar-refractivity contribution >= 4 is 23.7 Å². The van der Waals surface area contributed by atoms with Gasteiger partial charge in [-0.15, -0.1) is 5.10 Å². The van der Waals surface area contributed by atoms with Crippen LogP contribution in [0.1, 0.15) is 35.6 Å². The van der Waals surface area contributed by atoms with E-state index in [-0.39, 0.29) is 5.41 Å². The van der Waals surface area contributed by atoms with Gasteiger partial charge in [-0.25, -0.2) is 29.5 Å². The highest BCUT2D eigenvalue weighted by Crippen LogP contribution is 2.42. The maximum atomic E-state index is 10.6. The molecule has 2 aliphatic rings. The second-order valence-electron chi connectivity index (χ2n) is 9.60. The fourth-order valence-electron chi connectivity index (χ4n) is 4.48. The molecule has 5 heterocycles. The fourth-order valence-corrected chi connectivity index (χ4v) is 4.48. The van der Waals surface area contributed by atoms with Crippen LogP contribution in [0.15, 0.2) is 36.8 Å². The minimum atomic E-state index is -5.08. The van der Waals surface area contributed by atoms with Crippen LogP contribution in [0.5, 0.6) is 0 Å². The zero-order chi connectivity index (χ0) is 32.0. The van der Waals surface area contributed by atoms with Gasteiger partial charge >= 0.3 is 24.3 Å². The zero-order valence-corrected chi connectivity index (χ0v) is 22.8. The van der Waals surface area contributed by atoms with Crippen LogP contribution >= 0.6 is 0 Å². The van der Waals surface area contributed by atoms with Gasteiger partial charge in [-0.3, -0.25) is 0 Å². The molecule has 0 atom stereocenters. The summed E-state index contributed by atoms with van der Waals surface area (Å²) in [5.74, 6) is -2.96. The average molecular weight is 617 g/mol. The standard InChI is InChI=1S/C21H24N8.2C2HF3O2/c1-15-4-5-18(27-26-15)29-13-17-12-24-16(2)25-19(17)21(14-29)6-10-28(11-7-21)20-22-8-3-9-23-20;2*3-2(4,5)1(6)7/h3-5,8-9,12H,6-7,10-11,13-14H2,1-2H3;2*(H,6,7). The molecule has 1 saturated heterocycles. The van der Waals surface area contributed by atoms with Crippen LogP contribution in [-0.4, -0.2) is 84.3 Å². The molecular weight excluding hydrogens is 590 g/mol. The third kappa shape index (κ3) is 8.68. The van der Waals surface area contributed by atoms with Crippen molar-refractivity contribution in [2.45, 2.75) is 51.0 Å². The Balaban J connectivity index is 0.000000303. The predicted molar refractivity (Wildman–Crippen MR) is 137 cm³/mol. The Morgan fingerprint density at radius 3 is 1.91 bits per heavy atom. The van der Waals surface area contributed by atoms with Gasteiger partial charge in [-0.05, 0) is 44.9 Å². The van der Waals surface area contributed by atoms with Crippen molar-refractivity contribution in [3.05, 3.63) is 59.6 Å². The molecule has 43 heavy (non-hydrogen) atoms. The van der Waals surface area contributed by atoms with E-state index >= 15 is 0 Å². The summed E-state index contributed by atoms with van der Waals surface area (Å²) in [6.45, 7) is 7.39. The summed E-state index contributed by atoms with van der Waals surface area (Å²) in [6, 6.07) is 5.93. The molecule has 0 aliphatic carbocycles. The maximum Gasteiger partial charge on any atom is 0.490 e. The van der Waals surface area contributed by atoms with E-state index in [0.29, 0.717) is 0 Å². The minimum absolute atomic E-state index is 0.0286. The van der Waals surface area contributed by atoms with Crippen LogP contribution in [-0.2, 0) is 21.5 Å². The first-order valence-electron chi connectivity index (χ1n) is 12.5. The lowest BCUT2D eigenvalue weighted by molar-refractivity contribution is -0.193. The van der Waals surface area contributed by atoms with E-state index < -0.39 is 24.3 Å².